The maximum Gasteiger partial charge on any atom is 0.241 e. The van der Waals surface area contributed by atoms with E-state index >= 15 is 0 Å². The summed E-state index contributed by atoms with van der Waals surface area (Å²) in [6.07, 6.45) is 0.964. The molecule has 1 fully saturated rings. The van der Waals surface area contributed by atoms with Crippen molar-refractivity contribution in [3.8, 4) is 11.5 Å². The fraction of sp³-hybridized carbons (Fsp3) is 0.458. The first-order valence-corrected chi connectivity index (χ1v) is 10.4. The van der Waals surface area contributed by atoms with Crippen molar-refractivity contribution >= 4 is 5.82 Å². The zero-order chi connectivity index (χ0) is 21.5. The maximum atomic E-state index is 12.2. The van der Waals surface area contributed by atoms with Crippen LogP contribution in [0.25, 0.3) is 0 Å². The zero-order valence-corrected chi connectivity index (χ0v) is 17.7. The third-order valence-corrected chi connectivity index (χ3v) is 5.20. The van der Waals surface area contributed by atoms with E-state index in [2.05, 4.69) is 42.4 Å². The van der Waals surface area contributed by atoms with Gasteiger partial charge in [0.2, 0.25) is 6.43 Å². The van der Waals surface area contributed by atoms with Gasteiger partial charge in [0.15, 0.2) is 0 Å². The van der Waals surface area contributed by atoms with Crippen LogP contribution in [0.2, 0.25) is 0 Å². The highest BCUT2D eigenvalue weighted by Crippen LogP contribution is 2.27. The molecule has 0 radical (unpaired) electrons. The Balaban J connectivity index is 1.49. The SMILES string of the molecule is C=C(C)C[C@@H](C)c1ccc(OC2CCN(c3ccc(OCCC(F)F)cn3)C2)cc1. The number of alkyl halides is 2. The van der Waals surface area contributed by atoms with Gasteiger partial charge in [0.1, 0.15) is 23.4 Å². The van der Waals surface area contributed by atoms with Crippen molar-refractivity contribution in [2.75, 3.05) is 24.6 Å². The van der Waals surface area contributed by atoms with Crippen LogP contribution >= 0.6 is 0 Å². The van der Waals surface area contributed by atoms with Gasteiger partial charge in [-0.1, -0.05) is 24.6 Å². The van der Waals surface area contributed by atoms with Crippen molar-refractivity contribution in [2.45, 2.75) is 51.6 Å². The van der Waals surface area contributed by atoms with Gasteiger partial charge in [-0.25, -0.2) is 13.8 Å². The fourth-order valence-corrected chi connectivity index (χ4v) is 3.65. The average Bonchev–Trinajstić information content (AvgIpc) is 3.17. The lowest BCUT2D eigenvalue weighted by Crippen LogP contribution is -2.25. The van der Waals surface area contributed by atoms with Gasteiger partial charge in [0.05, 0.1) is 19.3 Å². The summed E-state index contributed by atoms with van der Waals surface area (Å²) in [6.45, 7) is 9.87. The lowest BCUT2D eigenvalue weighted by Gasteiger charge is -2.19. The molecule has 162 valence electrons. The summed E-state index contributed by atoms with van der Waals surface area (Å²) in [5, 5.41) is 0. The highest BCUT2D eigenvalue weighted by Gasteiger charge is 2.25. The van der Waals surface area contributed by atoms with Crippen LogP contribution in [0.1, 0.15) is 44.6 Å². The number of hydrogen-bond donors (Lipinski definition) is 0. The van der Waals surface area contributed by atoms with Crippen molar-refractivity contribution in [2.24, 2.45) is 0 Å². The molecule has 2 heterocycles. The summed E-state index contributed by atoms with van der Waals surface area (Å²) >= 11 is 0. The topological polar surface area (TPSA) is 34.6 Å². The van der Waals surface area contributed by atoms with Crippen molar-refractivity contribution < 1.29 is 18.3 Å². The van der Waals surface area contributed by atoms with E-state index in [0.29, 0.717) is 11.7 Å². The van der Waals surface area contributed by atoms with Crippen LogP contribution in [0.15, 0.2) is 54.7 Å². The summed E-state index contributed by atoms with van der Waals surface area (Å²) in [7, 11) is 0. The standard InChI is InChI=1S/C24H30F2N2O2/c1-17(2)14-18(3)19-4-6-20(7-5-19)30-22-10-12-28(16-22)24-9-8-21(15-27-24)29-13-11-23(25)26/h4-9,15,18,22-23H,1,10-14,16H2,2-3H3/t18-,22?/m1/s1. The smallest absolute Gasteiger partial charge is 0.241 e. The van der Waals surface area contributed by atoms with E-state index in [9.17, 15) is 8.78 Å². The number of aromatic nitrogens is 1. The van der Waals surface area contributed by atoms with Gasteiger partial charge < -0.3 is 14.4 Å². The first-order valence-electron chi connectivity index (χ1n) is 10.4. The maximum absolute atomic E-state index is 12.2. The molecule has 0 aliphatic carbocycles. The molecule has 0 amide bonds. The van der Waals surface area contributed by atoms with E-state index in [1.807, 2.05) is 18.2 Å². The van der Waals surface area contributed by atoms with Crippen LogP contribution in [-0.2, 0) is 0 Å². The summed E-state index contributed by atoms with van der Waals surface area (Å²) < 4.78 is 35.8. The molecule has 0 saturated carbocycles. The van der Waals surface area contributed by atoms with Gasteiger partial charge in [-0.3, -0.25) is 0 Å². The largest absolute Gasteiger partial charge is 0.492 e. The molecule has 1 aliphatic rings. The second kappa shape index (κ2) is 10.4. The second-order valence-corrected chi connectivity index (χ2v) is 7.99. The summed E-state index contributed by atoms with van der Waals surface area (Å²) in [5.41, 5.74) is 2.48. The van der Waals surface area contributed by atoms with E-state index in [-0.39, 0.29) is 19.1 Å². The first-order chi connectivity index (χ1) is 14.4. The molecule has 30 heavy (non-hydrogen) atoms. The minimum atomic E-state index is -2.35. The highest BCUT2D eigenvalue weighted by molar-refractivity contribution is 5.42. The van der Waals surface area contributed by atoms with Gasteiger partial charge in [-0.15, -0.1) is 6.58 Å². The molecule has 1 aliphatic heterocycles. The van der Waals surface area contributed by atoms with Crippen LogP contribution in [-0.4, -0.2) is 37.2 Å². The van der Waals surface area contributed by atoms with Crippen molar-refractivity contribution in [1.29, 1.82) is 0 Å². The number of nitrogens with zero attached hydrogens (tertiary/aromatic N) is 2. The molecule has 4 nitrogen and oxygen atoms in total. The monoisotopic (exact) mass is 416 g/mol. The van der Waals surface area contributed by atoms with E-state index in [1.54, 1.807) is 12.3 Å². The third-order valence-electron chi connectivity index (χ3n) is 5.20. The molecule has 0 N–H and O–H groups in total. The van der Waals surface area contributed by atoms with Gasteiger partial charge in [0, 0.05) is 19.4 Å². The molecule has 3 rings (SSSR count). The molecule has 1 aromatic carbocycles. The molecule has 6 heteroatoms. The van der Waals surface area contributed by atoms with Crippen LogP contribution < -0.4 is 14.4 Å². The second-order valence-electron chi connectivity index (χ2n) is 7.99. The lowest BCUT2D eigenvalue weighted by atomic mass is 9.95. The predicted octanol–water partition coefficient (Wildman–Crippen LogP) is 5.84. The summed E-state index contributed by atoms with van der Waals surface area (Å²) in [6, 6.07) is 12.0. The molecule has 2 atom stereocenters. The van der Waals surface area contributed by atoms with Crippen LogP contribution in [0.4, 0.5) is 14.6 Å². The highest BCUT2D eigenvalue weighted by atomic mass is 19.3. The molecule has 1 unspecified atom stereocenters. The minimum absolute atomic E-state index is 0.0108. The molecular formula is C24H30F2N2O2. The summed E-state index contributed by atoms with van der Waals surface area (Å²) in [5.74, 6) is 2.68. The Bertz CT molecular complexity index is 809. The Kier molecular flexibility index (Phi) is 7.66. The number of ether oxygens (including phenoxy) is 2. The normalized spacial score (nSPS) is 17.2. The Morgan fingerprint density at radius 2 is 1.93 bits per heavy atom. The number of hydrogen-bond acceptors (Lipinski definition) is 4. The fourth-order valence-electron chi connectivity index (χ4n) is 3.65. The van der Waals surface area contributed by atoms with Gasteiger partial charge >= 0.3 is 0 Å². The van der Waals surface area contributed by atoms with Crippen molar-refractivity contribution in [3.63, 3.8) is 0 Å². The quantitative estimate of drug-likeness (QED) is 0.456. The molecule has 0 bridgehead atoms. The van der Waals surface area contributed by atoms with Crippen molar-refractivity contribution in [1.82, 2.24) is 4.98 Å². The lowest BCUT2D eigenvalue weighted by molar-refractivity contribution is 0.114. The number of anilines is 1. The van der Waals surface area contributed by atoms with Crippen LogP contribution in [0.5, 0.6) is 11.5 Å². The summed E-state index contributed by atoms with van der Waals surface area (Å²) in [4.78, 5) is 6.57. The first kappa shape index (κ1) is 22.1. The number of halogens is 2. The Morgan fingerprint density at radius 3 is 2.57 bits per heavy atom. The van der Waals surface area contributed by atoms with Crippen LogP contribution in [0.3, 0.4) is 0 Å². The van der Waals surface area contributed by atoms with Crippen molar-refractivity contribution in [3.05, 3.63) is 60.3 Å². The molecule has 0 spiro atoms. The van der Waals surface area contributed by atoms with Gasteiger partial charge in [0.25, 0.3) is 0 Å². The zero-order valence-electron chi connectivity index (χ0n) is 17.7. The molecular weight excluding hydrogens is 386 g/mol. The van der Waals surface area contributed by atoms with Crippen LogP contribution in [0, 0.1) is 0 Å². The van der Waals surface area contributed by atoms with E-state index in [4.69, 9.17) is 9.47 Å². The molecule has 2 aromatic rings. The predicted molar refractivity (Wildman–Crippen MR) is 116 cm³/mol. The molecule has 1 saturated heterocycles. The van der Waals surface area contributed by atoms with Gasteiger partial charge in [-0.2, -0.15) is 0 Å². The van der Waals surface area contributed by atoms with E-state index < -0.39 is 6.43 Å². The van der Waals surface area contributed by atoms with Gasteiger partial charge in [-0.05, 0) is 49.1 Å². The van der Waals surface area contributed by atoms with E-state index in [0.717, 1.165) is 37.5 Å². The number of benzene rings is 1. The Labute approximate surface area is 177 Å². The third kappa shape index (κ3) is 6.44. The number of allylic oxidation sites excluding steroid dienone is 1. The minimum Gasteiger partial charge on any atom is -0.492 e. The Morgan fingerprint density at radius 1 is 1.20 bits per heavy atom. The average molecular weight is 417 g/mol. The molecule has 1 aromatic heterocycles. The van der Waals surface area contributed by atoms with E-state index in [1.165, 1.54) is 11.1 Å². The Hall–Kier alpha value is -2.63. The number of pyridine rings is 1. The number of rotatable bonds is 10.